The number of benzene rings is 1. The van der Waals surface area contributed by atoms with E-state index in [9.17, 15) is 4.79 Å². The number of hydrogen-bond donors (Lipinski definition) is 0. The van der Waals surface area contributed by atoms with Gasteiger partial charge in [-0.1, -0.05) is 30.4 Å². The van der Waals surface area contributed by atoms with Crippen LogP contribution >= 0.6 is 0 Å². The molecule has 1 aromatic rings. The summed E-state index contributed by atoms with van der Waals surface area (Å²) in [5.74, 6) is 0.906. The fourth-order valence-corrected chi connectivity index (χ4v) is 2.22. The molecule has 0 fully saturated rings. The minimum Gasteiger partial charge on any atom is -0.496 e. The van der Waals surface area contributed by atoms with Crippen molar-refractivity contribution in [3.8, 4) is 5.75 Å². The highest BCUT2D eigenvalue weighted by Gasteiger charge is 2.11. The molecule has 1 aliphatic rings. The van der Waals surface area contributed by atoms with Gasteiger partial charge in [-0.3, -0.25) is 0 Å². The zero-order chi connectivity index (χ0) is 14.2. The number of carbonyl (C=O) groups excluding carboxylic acids is 1. The fraction of sp³-hybridized carbons (Fsp3) is 0.353. The van der Waals surface area contributed by atoms with E-state index in [1.807, 2.05) is 24.3 Å². The van der Waals surface area contributed by atoms with Crippen LogP contribution in [0.15, 0.2) is 42.5 Å². The molecular formula is C17H20O3. The highest BCUT2D eigenvalue weighted by Crippen LogP contribution is 2.20. The molecule has 0 heterocycles. The van der Waals surface area contributed by atoms with Gasteiger partial charge < -0.3 is 9.47 Å². The third-order valence-corrected chi connectivity index (χ3v) is 3.38. The Bertz CT molecular complexity index is 503. The molecule has 2 rings (SSSR count). The molecule has 3 nitrogen and oxygen atoms in total. The minimum absolute atomic E-state index is 0.301. The summed E-state index contributed by atoms with van der Waals surface area (Å²) in [6, 6.07) is 7.56. The lowest BCUT2D eigenvalue weighted by atomic mass is 9.95. The molecule has 0 amide bonds. The van der Waals surface area contributed by atoms with E-state index in [2.05, 4.69) is 12.2 Å². The van der Waals surface area contributed by atoms with Gasteiger partial charge in [0.05, 0.1) is 13.7 Å². The van der Waals surface area contributed by atoms with Crippen LogP contribution in [0.1, 0.15) is 24.8 Å². The van der Waals surface area contributed by atoms with Gasteiger partial charge >= 0.3 is 5.97 Å². The Morgan fingerprint density at radius 3 is 2.95 bits per heavy atom. The first-order chi connectivity index (χ1) is 9.79. The predicted molar refractivity (Wildman–Crippen MR) is 79.5 cm³/mol. The van der Waals surface area contributed by atoms with Gasteiger partial charge in [0.1, 0.15) is 5.75 Å². The van der Waals surface area contributed by atoms with Crippen molar-refractivity contribution >= 4 is 12.0 Å². The van der Waals surface area contributed by atoms with Crippen LogP contribution < -0.4 is 4.74 Å². The van der Waals surface area contributed by atoms with E-state index in [4.69, 9.17) is 9.47 Å². The maximum atomic E-state index is 11.7. The molecule has 0 saturated carbocycles. The van der Waals surface area contributed by atoms with Crippen LogP contribution in [0.3, 0.4) is 0 Å². The second-order valence-corrected chi connectivity index (χ2v) is 4.86. The largest absolute Gasteiger partial charge is 0.496 e. The first-order valence-electron chi connectivity index (χ1n) is 6.92. The van der Waals surface area contributed by atoms with E-state index < -0.39 is 0 Å². The van der Waals surface area contributed by atoms with Crippen molar-refractivity contribution in [2.45, 2.75) is 19.3 Å². The summed E-state index contributed by atoms with van der Waals surface area (Å²) in [6.45, 7) is 0.499. The zero-order valence-corrected chi connectivity index (χ0v) is 11.7. The number of hydrogen-bond acceptors (Lipinski definition) is 3. The molecule has 3 heteroatoms. The average molecular weight is 272 g/mol. The van der Waals surface area contributed by atoms with Gasteiger partial charge in [0.15, 0.2) is 0 Å². The van der Waals surface area contributed by atoms with Crippen LogP contribution in [-0.4, -0.2) is 19.7 Å². The maximum Gasteiger partial charge on any atom is 0.330 e. The summed E-state index contributed by atoms with van der Waals surface area (Å²) in [5, 5.41) is 0. The Hall–Kier alpha value is -2.03. The standard InChI is InChI=1S/C17H20O3/c1-19-16-10-6-5-9-15(16)11-12-17(18)20-13-14-7-3-2-4-8-14/h2-3,5-6,9-12,14H,4,7-8,13H2,1H3/b12-11+. The molecule has 1 atom stereocenters. The quantitative estimate of drug-likeness (QED) is 0.466. The second-order valence-electron chi connectivity index (χ2n) is 4.86. The van der Waals surface area contributed by atoms with E-state index in [0.29, 0.717) is 12.5 Å². The number of ether oxygens (including phenoxy) is 2. The minimum atomic E-state index is -0.301. The van der Waals surface area contributed by atoms with E-state index in [1.165, 1.54) is 6.08 Å². The Morgan fingerprint density at radius 2 is 2.20 bits per heavy atom. The third kappa shape index (κ3) is 4.26. The molecule has 0 spiro atoms. The van der Waals surface area contributed by atoms with Crippen molar-refractivity contribution in [3.05, 3.63) is 48.1 Å². The zero-order valence-electron chi connectivity index (χ0n) is 11.7. The predicted octanol–water partition coefficient (Wildman–Crippen LogP) is 3.61. The van der Waals surface area contributed by atoms with Gasteiger partial charge in [-0.05, 0) is 37.3 Å². The van der Waals surface area contributed by atoms with Crippen molar-refractivity contribution in [2.24, 2.45) is 5.92 Å². The van der Waals surface area contributed by atoms with Crippen molar-refractivity contribution in [1.29, 1.82) is 0 Å². The highest BCUT2D eigenvalue weighted by molar-refractivity contribution is 5.87. The Morgan fingerprint density at radius 1 is 1.35 bits per heavy atom. The summed E-state index contributed by atoms with van der Waals surface area (Å²) in [5.41, 5.74) is 0.868. The molecule has 0 saturated heterocycles. The summed E-state index contributed by atoms with van der Waals surface area (Å²) in [6.07, 6.45) is 10.7. The number of methoxy groups -OCH3 is 1. The first-order valence-corrected chi connectivity index (χ1v) is 6.92. The second kappa shape index (κ2) is 7.53. The lowest BCUT2D eigenvalue weighted by molar-refractivity contribution is -0.139. The first kappa shape index (κ1) is 14.4. The van der Waals surface area contributed by atoms with Crippen LogP contribution in [0.25, 0.3) is 6.08 Å². The lowest BCUT2D eigenvalue weighted by Gasteiger charge is -2.16. The number of para-hydroxylation sites is 1. The number of carbonyl (C=O) groups is 1. The summed E-state index contributed by atoms with van der Waals surface area (Å²) >= 11 is 0. The Balaban J connectivity index is 1.84. The van der Waals surface area contributed by atoms with Crippen LogP contribution in [-0.2, 0) is 9.53 Å². The average Bonchev–Trinajstić information content (AvgIpc) is 2.52. The molecule has 0 bridgehead atoms. The van der Waals surface area contributed by atoms with Gasteiger partial charge in [0, 0.05) is 11.6 Å². The monoisotopic (exact) mass is 272 g/mol. The number of allylic oxidation sites excluding steroid dienone is 2. The maximum absolute atomic E-state index is 11.7. The molecule has 0 N–H and O–H groups in total. The highest BCUT2D eigenvalue weighted by atomic mass is 16.5. The normalized spacial score (nSPS) is 18.1. The van der Waals surface area contributed by atoms with Crippen molar-refractivity contribution in [3.63, 3.8) is 0 Å². The van der Waals surface area contributed by atoms with Gasteiger partial charge in [-0.25, -0.2) is 4.79 Å². The molecule has 0 radical (unpaired) electrons. The molecule has 1 aliphatic carbocycles. The van der Waals surface area contributed by atoms with Crippen molar-refractivity contribution in [1.82, 2.24) is 0 Å². The third-order valence-electron chi connectivity index (χ3n) is 3.38. The molecule has 106 valence electrons. The topological polar surface area (TPSA) is 35.5 Å². The Labute approximate surface area is 119 Å². The van der Waals surface area contributed by atoms with Gasteiger partial charge in [0.2, 0.25) is 0 Å². The van der Waals surface area contributed by atoms with Crippen LogP contribution in [0.4, 0.5) is 0 Å². The molecule has 1 aromatic carbocycles. The fourth-order valence-electron chi connectivity index (χ4n) is 2.22. The van der Waals surface area contributed by atoms with E-state index >= 15 is 0 Å². The lowest BCUT2D eigenvalue weighted by Crippen LogP contribution is -2.13. The molecular weight excluding hydrogens is 252 g/mol. The van der Waals surface area contributed by atoms with Crippen LogP contribution in [0.5, 0.6) is 5.75 Å². The number of esters is 1. The molecule has 20 heavy (non-hydrogen) atoms. The van der Waals surface area contributed by atoms with Crippen LogP contribution in [0, 0.1) is 5.92 Å². The van der Waals surface area contributed by atoms with E-state index in [1.54, 1.807) is 13.2 Å². The van der Waals surface area contributed by atoms with Crippen molar-refractivity contribution < 1.29 is 14.3 Å². The Kier molecular flexibility index (Phi) is 5.42. The SMILES string of the molecule is COc1ccccc1/C=C/C(=O)OCC1CC=CCC1. The molecule has 0 aromatic heterocycles. The van der Waals surface area contributed by atoms with E-state index in [-0.39, 0.29) is 5.97 Å². The van der Waals surface area contributed by atoms with E-state index in [0.717, 1.165) is 30.6 Å². The van der Waals surface area contributed by atoms with Gasteiger partial charge in [0.25, 0.3) is 0 Å². The number of rotatable bonds is 5. The smallest absolute Gasteiger partial charge is 0.330 e. The van der Waals surface area contributed by atoms with Crippen molar-refractivity contribution in [2.75, 3.05) is 13.7 Å². The summed E-state index contributed by atoms with van der Waals surface area (Å²) in [4.78, 5) is 11.7. The molecule has 0 aliphatic heterocycles. The van der Waals surface area contributed by atoms with Gasteiger partial charge in [-0.15, -0.1) is 0 Å². The van der Waals surface area contributed by atoms with Gasteiger partial charge in [-0.2, -0.15) is 0 Å². The molecule has 1 unspecified atom stereocenters. The van der Waals surface area contributed by atoms with Crippen LogP contribution in [0.2, 0.25) is 0 Å². The summed E-state index contributed by atoms with van der Waals surface area (Å²) < 4.78 is 10.5. The summed E-state index contributed by atoms with van der Waals surface area (Å²) in [7, 11) is 1.61.